The minimum absolute atomic E-state index is 0. The van der Waals surface area contributed by atoms with Crippen LogP contribution in [0.3, 0.4) is 0 Å². The highest BCUT2D eigenvalue weighted by Gasteiger charge is 2.20. The van der Waals surface area contributed by atoms with Gasteiger partial charge in [-0.15, -0.1) is 24.0 Å². The van der Waals surface area contributed by atoms with Gasteiger partial charge in [0.2, 0.25) is 5.91 Å². The highest BCUT2D eigenvalue weighted by molar-refractivity contribution is 14.0. The minimum Gasteiger partial charge on any atom is -0.356 e. The number of halogens is 2. The van der Waals surface area contributed by atoms with E-state index in [4.69, 9.17) is 0 Å². The molecule has 2 aromatic rings. The van der Waals surface area contributed by atoms with Crippen LogP contribution in [0.1, 0.15) is 24.0 Å². The zero-order valence-electron chi connectivity index (χ0n) is 19.5. The molecule has 0 atom stereocenters. The molecule has 180 valence electrons. The Morgan fingerprint density at radius 2 is 1.73 bits per heavy atom. The molecular formula is C25H35FIN5O. The van der Waals surface area contributed by atoms with E-state index in [1.807, 2.05) is 30.3 Å². The number of carbonyl (C=O) groups excluding carboxylic acids is 1. The van der Waals surface area contributed by atoms with Crippen LogP contribution >= 0.6 is 24.0 Å². The van der Waals surface area contributed by atoms with E-state index in [0.29, 0.717) is 12.0 Å². The van der Waals surface area contributed by atoms with Gasteiger partial charge in [0.05, 0.1) is 0 Å². The predicted octanol–water partition coefficient (Wildman–Crippen LogP) is 3.27. The van der Waals surface area contributed by atoms with E-state index in [2.05, 4.69) is 32.7 Å². The van der Waals surface area contributed by atoms with Gasteiger partial charge in [-0.05, 0) is 42.5 Å². The number of nitrogens with one attached hydrogen (secondary N) is 2. The first kappa shape index (κ1) is 27.0. The molecule has 0 unspecified atom stereocenters. The number of nitrogens with zero attached hydrogens (tertiary/aromatic N) is 3. The summed E-state index contributed by atoms with van der Waals surface area (Å²) in [5.41, 5.74) is 2.39. The summed E-state index contributed by atoms with van der Waals surface area (Å²) in [5.74, 6) is 0.465. The van der Waals surface area contributed by atoms with E-state index < -0.39 is 0 Å². The van der Waals surface area contributed by atoms with Crippen LogP contribution in [0.5, 0.6) is 0 Å². The number of piperidine rings is 1. The van der Waals surface area contributed by atoms with Crippen LogP contribution in [0.4, 0.5) is 4.39 Å². The smallest absolute Gasteiger partial charge is 0.243 e. The van der Waals surface area contributed by atoms with Crippen molar-refractivity contribution in [2.24, 2.45) is 4.99 Å². The Balaban J connectivity index is 0.00000385. The van der Waals surface area contributed by atoms with Crippen LogP contribution in [0, 0.1) is 5.82 Å². The van der Waals surface area contributed by atoms with Crippen molar-refractivity contribution < 1.29 is 9.18 Å². The van der Waals surface area contributed by atoms with E-state index in [9.17, 15) is 9.18 Å². The van der Waals surface area contributed by atoms with Crippen molar-refractivity contribution in [3.8, 4) is 0 Å². The lowest BCUT2D eigenvalue weighted by atomic mass is 10.0. The summed E-state index contributed by atoms with van der Waals surface area (Å²) in [7, 11) is 3.48. The molecule has 1 heterocycles. The van der Waals surface area contributed by atoms with Gasteiger partial charge in [0, 0.05) is 46.3 Å². The van der Waals surface area contributed by atoms with E-state index in [1.54, 1.807) is 19.0 Å². The van der Waals surface area contributed by atoms with Crippen molar-refractivity contribution in [3.05, 3.63) is 71.5 Å². The lowest BCUT2D eigenvalue weighted by molar-refractivity contribution is -0.127. The van der Waals surface area contributed by atoms with Crippen molar-refractivity contribution in [2.75, 3.05) is 40.3 Å². The molecule has 1 fully saturated rings. The second-order valence-electron chi connectivity index (χ2n) is 8.44. The second-order valence-corrected chi connectivity index (χ2v) is 8.44. The molecule has 1 saturated heterocycles. The second kappa shape index (κ2) is 14.1. The fraction of sp³-hybridized carbons (Fsp3) is 0.440. The number of benzene rings is 2. The van der Waals surface area contributed by atoms with E-state index in [-0.39, 0.29) is 42.2 Å². The lowest BCUT2D eigenvalue weighted by Gasteiger charge is -2.33. The van der Waals surface area contributed by atoms with Crippen LogP contribution in [-0.2, 0) is 17.8 Å². The van der Waals surface area contributed by atoms with E-state index >= 15 is 0 Å². The maximum absolute atomic E-state index is 13.1. The Kier molecular flexibility index (Phi) is 11.6. The molecule has 0 bridgehead atoms. The van der Waals surface area contributed by atoms with Crippen molar-refractivity contribution in [1.82, 2.24) is 20.4 Å². The highest BCUT2D eigenvalue weighted by Crippen LogP contribution is 2.14. The number of rotatable bonds is 8. The third-order valence-corrected chi connectivity index (χ3v) is 5.67. The number of guanidine groups is 1. The van der Waals surface area contributed by atoms with Crippen LogP contribution in [0.15, 0.2) is 59.6 Å². The first-order valence-electron chi connectivity index (χ1n) is 11.3. The molecule has 1 aliphatic heterocycles. The number of hydrogen-bond acceptors (Lipinski definition) is 3. The number of amides is 1. The molecule has 1 aliphatic rings. The summed E-state index contributed by atoms with van der Waals surface area (Å²) in [4.78, 5) is 20.5. The molecular weight excluding hydrogens is 532 g/mol. The van der Waals surface area contributed by atoms with Crippen molar-refractivity contribution in [1.29, 1.82) is 0 Å². The summed E-state index contributed by atoms with van der Waals surface area (Å²) in [6.07, 6.45) is 2.86. The topological polar surface area (TPSA) is 60.0 Å². The molecule has 3 rings (SSSR count). The predicted molar refractivity (Wildman–Crippen MR) is 142 cm³/mol. The largest absolute Gasteiger partial charge is 0.356 e. The van der Waals surface area contributed by atoms with Crippen LogP contribution in [-0.4, -0.2) is 68.0 Å². The summed E-state index contributed by atoms with van der Waals surface area (Å²) < 4.78 is 13.1. The molecule has 0 spiro atoms. The summed E-state index contributed by atoms with van der Waals surface area (Å²) in [5, 5.41) is 6.91. The summed E-state index contributed by atoms with van der Waals surface area (Å²) in [6, 6.07) is 17.3. The third kappa shape index (κ3) is 9.67. The van der Waals surface area contributed by atoms with Gasteiger partial charge in [0.1, 0.15) is 12.4 Å². The van der Waals surface area contributed by atoms with Gasteiger partial charge in [-0.2, -0.15) is 0 Å². The average molecular weight is 567 g/mol. The van der Waals surface area contributed by atoms with Gasteiger partial charge in [-0.1, -0.05) is 42.5 Å². The van der Waals surface area contributed by atoms with Gasteiger partial charge in [-0.25, -0.2) is 9.38 Å². The number of carbonyl (C=O) groups is 1. The van der Waals surface area contributed by atoms with Gasteiger partial charge >= 0.3 is 0 Å². The first-order chi connectivity index (χ1) is 15.5. The average Bonchev–Trinajstić information content (AvgIpc) is 2.80. The number of likely N-dealkylation sites (N-methyl/N-ethyl adjacent to an activating group) is 1. The normalized spacial score (nSPS) is 14.9. The molecule has 6 nitrogen and oxygen atoms in total. The fourth-order valence-corrected chi connectivity index (χ4v) is 3.69. The van der Waals surface area contributed by atoms with Crippen LogP contribution in [0.25, 0.3) is 0 Å². The monoisotopic (exact) mass is 567 g/mol. The number of hydrogen-bond donors (Lipinski definition) is 2. The highest BCUT2D eigenvalue weighted by atomic mass is 127. The molecule has 33 heavy (non-hydrogen) atoms. The molecule has 0 saturated carbocycles. The number of likely N-dealkylation sites (tertiary alicyclic amines) is 1. The SMILES string of the molecule is CN(C)C(=O)CN=C(NCCc1ccccc1)NC1CCN(Cc2ccc(F)cc2)CC1.I. The molecule has 0 aromatic heterocycles. The Morgan fingerprint density at radius 1 is 1.06 bits per heavy atom. The van der Waals surface area contributed by atoms with E-state index in [0.717, 1.165) is 51.0 Å². The first-order valence-corrected chi connectivity index (χ1v) is 11.3. The third-order valence-electron chi connectivity index (χ3n) is 5.67. The zero-order chi connectivity index (χ0) is 22.8. The maximum Gasteiger partial charge on any atom is 0.243 e. The molecule has 8 heteroatoms. The molecule has 2 aromatic carbocycles. The van der Waals surface area contributed by atoms with Gasteiger partial charge in [0.25, 0.3) is 0 Å². The van der Waals surface area contributed by atoms with Crippen molar-refractivity contribution >= 4 is 35.8 Å². The molecule has 2 N–H and O–H groups in total. The van der Waals surface area contributed by atoms with Gasteiger partial charge in [-0.3, -0.25) is 9.69 Å². The Labute approximate surface area is 213 Å². The lowest BCUT2D eigenvalue weighted by Crippen LogP contribution is -2.49. The minimum atomic E-state index is -0.198. The zero-order valence-corrected chi connectivity index (χ0v) is 21.8. The van der Waals surface area contributed by atoms with Crippen molar-refractivity contribution in [2.45, 2.75) is 31.8 Å². The Morgan fingerprint density at radius 3 is 2.36 bits per heavy atom. The molecule has 0 radical (unpaired) electrons. The Bertz CT molecular complexity index is 868. The van der Waals surface area contributed by atoms with Crippen molar-refractivity contribution in [3.63, 3.8) is 0 Å². The van der Waals surface area contributed by atoms with Crippen LogP contribution in [0.2, 0.25) is 0 Å². The van der Waals surface area contributed by atoms with Gasteiger partial charge < -0.3 is 15.5 Å². The van der Waals surface area contributed by atoms with Gasteiger partial charge in [0.15, 0.2) is 5.96 Å². The quantitative estimate of drug-likeness (QED) is 0.292. The molecule has 0 aliphatic carbocycles. The molecule has 1 amide bonds. The number of aliphatic imine (C=N–C) groups is 1. The fourth-order valence-electron chi connectivity index (χ4n) is 3.69. The Hall–Kier alpha value is -2.20. The summed E-state index contributed by atoms with van der Waals surface area (Å²) in [6.45, 7) is 3.62. The maximum atomic E-state index is 13.1. The van der Waals surface area contributed by atoms with Crippen LogP contribution < -0.4 is 10.6 Å². The standard InChI is InChI=1S/C25H34FN5O.HI/c1-30(2)24(32)18-28-25(27-15-12-20-6-4-3-5-7-20)29-23-13-16-31(17-14-23)19-21-8-10-22(26)11-9-21;/h3-11,23H,12-19H2,1-2H3,(H2,27,28,29);1H. The summed E-state index contributed by atoms with van der Waals surface area (Å²) >= 11 is 0. The van der Waals surface area contributed by atoms with E-state index in [1.165, 1.54) is 17.7 Å².